The van der Waals surface area contributed by atoms with Crippen molar-refractivity contribution in [1.29, 1.82) is 0 Å². The topological polar surface area (TPSA) is 34.0 Å². The highest BCUT2D eigenvalue weighted by Crippen LogP contribution is 2.08. The molecule has 0 aliphatic carbocycles. The molecule has 0 amide bonds. The van der Waals surface area contributed by atoms with Crippen LogP contribution in [0.1, 0.15) is 56.9 Å². The van der Waals surface area contributed by atoms with Gasteiger partial charge in [-0.1, -0.05) is 33.6 Å². The molecule has 3 nitrogen and oxygen atoms in total. The van der Waals surface area contributed by atoms with Crippen LogP contribution >= 0.6 is 0 Å². The summed E-state index contributed by atoms with van der Waals surface area (Å²) in [7, 11) is 0. The Hall–Kier alpha value is -1.09. The Labute approximate surface area is 117 Å². The van der Waals surface area contributed by atoms with Crippen LogP contribution in [-0.2, 0) is 13.1 Å². The van der Waals surface area contributed by atoms with E-state index in [1.165, 1.54) is 12.8 Å². The summed E-state index contributed by atoms with van der Waals surface area (Å²) in [6.45, 7) is 11.9. The van der Waals surface area contributed by atoms with Gasteiger partial charge >= 0.3 is 0 Å². The minimum absolute atomic E-state index is 0.182. The number of hydrogen-bond acceptors (Lipinski definition) is 2. The number of rotatable bonds is 7. The van der Waals surface area contributed by atoms with E-state index in [4.69, 9.17) is 0 Å². The van der Waals surface area contributed by atoms with Gasteiger partial charge in [-0.2, -0.15) is 0 Å². The molecule has 1 aromatic rings. The maximum Gasteiger partial charge on any atom is 0.255 e. The summed E-state index contributed by atoms with van der Waals surface area (Å²) in [4.78, 5) is 12.5. The second-order valence-corrected chi connectivity index (χ2v) is 5.65. The van der Waals surface area contributed by atoms with Crippen LogP contribution in [0.15, 0.2) is 10.9 Å². The molecule has 108 valence electrons. The molecule has 0 unspecified atom stereocenters. The third-order valence-electron chi connectivity index (χ3n) is 3.50. The van der Waals surface area contributed by atoms with Crippen LogP contribution in [-0.4, -0.2) is 10.6 Å². The molecule has 1 rings (SSSR count). The molecule has 0 bridgehead atoms. The van der Waals surface area contributed by atoms with Crippen molar-refractivity contribution in [2.75, 3.05) is 0 Å². The largest absolute Gasteiger partial charge is 0.313 e. The van der Waals surface area contributed by atoms with Crippen molar-refractivity contribution >= 4 is 0 Å². The minimum Gasteiger partial charge on any atom is -0.313 e. The number of aromatic nitrogens is 1. The van der Waals surface area contributed by atoms with Crippen molar-refractivity contribution in [3.05, 3.63) is 33.2 Å². The van der Waals surface area contributed by atoms with E-state index in [1.807, 2.05) is 18.4 Å². The number of unbranched alkanes of at least 4 members (excludes halogenated alkanes) is 2. The van der Waals surface area contributed by atoms with Gasteiger partial charge in [0.25, 0.3) is 5.56 Å². The first kappa shape index (κ1) is 16.0. The smallest absolute Gasteiger partial charge is 0.255 e. The summed E-state index contributed by atoms with van der Waals surface area (Å²) in [5, 5.41) is 3.34. The summed E-state index contributed by atoms with van der Waals surface area (Å²) in [6.07, 6.45) is 3.44. The number of nitrogens with zero attached hydrogens (tertiary/aromatic N) is 1. The zero-order valence-corrected chi connectivity index (χ0v) is 13.0. The molecule has 0 fully saturated rings. The lowest BCUT2D eigenvalue weighted by atomic mass is 10.1. The van der Waals surface area contributed by atoms with Crippen LogP contribution in [0.5, 0.6) is 0 Å². The molecular weight excluding hydrogens is 236 g/mol. The van der Waals surface area contributed by atoms with Crippen LogP contribution in [0.2, 0.25) is 0 Å². The molecule has 0 aromatic carbocycles. The summed E-state index contributed by atoms with van der Waals surface area (Å²) in [5.41, 5.74) is 3.27. The van der Waals surface area contributed by atoms with Gasteiger partial charge in [0.1, 0.15) is 0 Å². The molecule has 0 radical (unpaired) electrons. The maximum atomic E-state index is 12.5. The van der Waals surface area contributed by atoms with Gasteiger partial charge in [-0.3, -0.25) is 4.79 Å². The Morgan fingerprint density at radius 3 is 2.53 bits per heavy atom. The molecular formula is C16H28N2O. The Bertz CT molecular complexity index is 461. The monoisotopic (exact) mass is 264 g/mol. The van der Waals surface area contributed by atoms with E-state index in [-0.39, 0.29) is 5.56 Å². The first-order valence-electron chi connectivity index (χ1n) is 7.40. The zero-order chi connectivity index (χ0) is 14.4. The van der Waals surface area contributed by atoms with E-state index >= 15 is 0 Å². The van der Waals surface area contributed by atoms with Gasteiger partial charge in [0, 0.05) is 30.4 Å². The molecule has 19 heavy (non-hydrogen) atoms. The number of aryl methyl sites for hydroxylation is 2. The number of hydrogen-bond donors (Lipinski definition) is 1. The SMILES string of the molecule is CCCCCn1c(C)cc(C)c(CNC(C)C)c1=O. The fourth-order valence-electron chi connectivity index (χ4n) is 2.29. The van der Waals surface area contributed by atoms with Gasteiger partial charge in [0.2, 0.25) is 0 Å². The van der Waals surface area contributed by atoms with Gasteiger partial charge < -0.3 is 9.88 Å². The van der Waals surface area contributed by atoms with Gasteiger partial charge in [-0.25, -0.2) is 0 Å². The van der Waals surface area contributed by atoms with E-state index < -0.39 is 0 Å². The summed E-state index contributed by atoms with van der Waals surface area (Å²) in [5.74, 6) is 0. The van der Waals surface area contributed by atoms with Gasteiger partial charge in [-0.05, 0) is 31.9 Å². The highest BCUT2D eigenvalue weighted by molar-refractivity contribution is 5.26. The predicted molar refractivity (Wildman–Crippen MR) is 81.7 cm³/mol. The van der Waals surface area contributed by atoms with Crippen molar-refractivity contribution in [1.82, 2.24) is 9.88 Å². The lowest BCUT2D eigenvalue weighted by Gasteiger charge is -2.16. The predicted octanol–water partition coefficient (Wildman–Crippen LogP) is 3.15. The van der Waals surface area contributed by atoms with Crippen molar-refractivity contribution in [2.24, 2.45) is 0 Å². The second kappa shape index (κ2) is 7.49. The summed E-state index contributed by atoms with van der Waals surface area (Å²) < 4.78 is 1.93. The summed E-state index contributed by atoms with van der Waals surface area (Å²) in [6, 6.07) is 2.53. The number of pyridine rings is 1. The van der Waals surface area contributed by atoms with Crippen molar-refractivity contribution in [3.63, 3.8) is 0 Å². The lowest BCUT2D eigenvalue weighted by molar-refractivity contribution is 0.552. The molecule has 3 heteroatoms. The van der Waals surface area contributed by atoms with Crippen LogP contribution in [0.4, 0.5) is 0 Å². The highest BCUT2D eigenvalue weighted by atomic mass is 16.1. The molecule has 0 atom stereocenters. The summed E-state index contributed by atoms with van der Waals surface area (Å²) >= 11 is 0. The van der Waals surface area contributed by atoms with Gasteiger partial charge in [-0.15, -0.1) is 0 Å². The minimum atomic E-state index is 0.182. The fraction of sp³-hybridized carbons (Fsp3) is 0.688. The van der Waals surface area contributed by atoms with Crippen molar-refractivity contribution < 1.29 is 0 Å². The average molecular weight is 264 g/mol. The average Bonchev–Trinajstić information content (AvgIpc) is 2.32. The Morgan fingerprint density at radius 2 is 1.95 bits per heavy atom. The molecule has 0 saturated heterocycles. The van der Waals surface area contributed by atoms with E-state index in [9.17, 15) is 4.79 Å². The van der Waals surface area contributed by atoms with Gasteiger partial charge in [0.15, 0.2) is 0 Å². The number of nitrogens with one attached hydrogen (secondary N) is 1. The van der Waals surface area contributed by atoms with E-state index in [1.54, 1.807) is 0 Å². The van der Waals surface area contributed by atoms with E-state index in [2.05, 4.69) is 32.2 Å². The lowest BCUT2D eigenvalue weighted by Crippen LogP contribution is -2.32. The van der Waals surface area contributed by atoms with Crippen LogP contribution in [0, 0.1) is 13.8 Å². The molecule has 0 spiro atoms. The van der Waals surface area contributed by atoms with E-state index in [0.717, 1.165) is 29.8 Å². The maximum absolute atomic E-state index is 12.5. The van der Waals surface area contributed by atoms with Crippen molar-refractivity contribution in [2.45, 2.75) is 73.0 Å². The molecule has 0 aliphatic rings. The van der Waals surface area contributed by atoms with Gasteiger partial charge in [0.05, 0.1) is 0 Å². The quantitative estimate of drug-likeness (QED) is 0.768. The molecule has 1 N–H and O–H groups in total. The van der Waals surface area contributed by atoms with Crippen LogP contribution in [0.25, 0.3) is 0 Å². The van der Waals surface area contributed by atoms with E-state index in [0.29, 0.717) is 12.6 Å². The first-order chi connectivity index (χ1) is 8.97. The van der Waals surface area contributed by atoms with Crippen LogP contribution < -0.4 is 10.9 Å². The standard InChI is InChI=1S/C16H28N2O/c1-6-7-8-9-18-14(5)10-13(4)15(16(18)19)11-17-12(2)3/h10,12,17H,6-9,11H2,1-5H3. The molecule has 1 aromatic heterocycles. The Balaban J connectivity index is 2.98. The third kappa shape index (κ3) is 4.50. The molecule has 0 aliphatic heterocycles. The normalized spacial score (nSPS) is 11.3. The molecule has 1 heterocycles. The Morgan fingerprint density at radius 1 is 1.26 bits per heavy atom. The van der Waals surface area contributed by atoms with Crippen molar-refractivity contribution in [3.8, 4) is 0 Å². The molecule has 0 saturated carbocycles. The fourth-order valence-corrected chi connectivity index (χ4v) is 2.29. The zero-order valence-electron chi connectivity index (χ0n) is 13.0. The first-order valence-corrected chi connectivity index (χ1v) is 7.40. The second-order valence-electron chi connectivity index (χ2n) is 5.65. The third-order valence-corrected chi connectivity index (χ3v) is 3.50. The van der Waals surface area contributed by atoms with Crippen LogP contribution in [0.3, 0.4) is 0 Å². The highest BCUT2D eigenvalue weighted by Gasteiger charge is 2.10. The Kier molecular flexibility index (Phi) is 6.29.